The van der Waals surface area contributed by atoms with E-state index in [-0.39, 0.29) is 30.9 Å². The minimum Gasteiger partial charge on any atom is -0.316 e. The predicted octanol–water partition coefficient (Wildman–Crippen LogP) is 6.16. The summed E-state index contributed by atoms with van der Waals surface area (Å²) in [6.07, 6.45) is -4.89. The van der Waals surface area contributed by atoms with Crippen LogP contribution in [0.2, 0.25) is 0 Å². The summed E-state index contributed by atoms with van der Waals surface area (Å²) in [5.41, 5.74) is 7.90. The van der Waals surface area contributed by atoms with E-state index in [0.717, 1.165) is 11.1 Å². The molecular weight excluding hydrogens is 456 g/mol. The van der Waals surface area contributed by atoms with E-state index in [1.807, 2.05) is 26.0 Å². The molecule has 0 heterocycles. The van der Waals surface area contributed by atoms with Gasteiger partial charge in [0, 0.05) is 12.2 Å². The first-order valence-electron chi connectivity index (χ1n) is 10.1. The zero-order valence-corrected chi connectivity index (χ0v) is 19.0. The molecule has 0 saturated heterocycles. The molecule has 2 N–H and O–H groups in total. The molecule has 0 aromatic heterocycles. The molecule has 1 atom stereocenters. The van der Waals surface area contributed by atoms with Crippen molar-refractivity contribution in [3.8, 4) is 0 Å². The Bertz CT molecular complexity index is 1100. The number of carbonyl (C=O) groups excluding carboxylic acids is 1. The Labute approximate surface area is 196 Å². The average Bonchev–Trinajstić information content (AvgIpc) is 2.76. The quantitative estimate of drug-likeness (QED) is 0.429. The summed E-state index contributed by atoms with van der Waals surface area (Å²) in [6, 6.07) is 16.4. The van der Waals surface area contributed by atoms with Crippen LogP contribution < -0.4 is 10.6 Å². The SMILES string of the molecule is Cc1ccc(N(CCc2cccc(C(F)(F)F)c2F)C(=O)[C@@H](N)c2ccccc2)cc1C.Cl. The maximum atomic E-state index is 14.5. The first kappa shape index (κ1) is 26.4. The number of aryl methyl sites for hydroxylation is 2. The zero-order valence-electron chi connectivity index (χ0n) is 18.2. The Kier molecular flexibility index (Phi) is 8.63. The first-order valence-corrected chi connectivity index (χ1v) is 10.1. The molecule has 0 bridgehead atoms. The molecule has 3 aromatic carbocycles. The van der Waals surface area contributed by atoms with Crippen molar-refractivity contribution < 1.29 is 22.4 Å². The van der Waals surface area contributed by atoms with Crippen LogP contribution in [-0.2, 0) is 17.4 Å². The lowest BCUT2D eigenvalue weighted by atomic mass is 10.0. The van der Waals surface area contributed by atoms with Crippen LogP contribution in [0.25, 0.3) is 0 Å². The van der Waals surface area contributed by atoms with Gasteiger partial charge >= 0.3 is 6.18 Å². The lowest BCUT2D eigenvalue weighted by molar-refractivity contribution is -0.140. The maximum Gasteiger partial charge on any atom is 0.419 e. The highest BCUT2D eigenvalue weighted by Crippen LogP contribution is 2.33. The summed E-state index contributed by atoms with van der Waals surface area (Å²) >= 11 is 0. The molecule has 0 radical (unpaired) electrons. The van der Waals surface area contributed by atoms with Crippen LogP contribution in [0.4, 0.5) is 23.2 Å². The number of benzene rings is 3. The van der Waals surface area contributed by atoms with Gasteiger partial charge < -0.3 is 10.6 Å². The summed E-state index contributed by atoms with van der Waals surface area (Å²) in [7, 11) is 0. The van der Waals surface area contributed by atoms with Crippen molar-refractivity contribution >= 4 is 24.0 Å². The highest BCUT2D eigenvalue weighted by Gasteiger charge is 2.35. The van der Waals surface area contributed by atoms with Gasteiger partial charge in [0.1, 0.15) is 11.9 Å². The van der Waals surface area contributed by atoms with Crippen LogP contribution in [-0.4, -0.2) is 12.5 Å². The summed E-state index contributed by atoms with van der Waals surface area (Å²) in [4.78, 5) is 14.7. The highest BCUT2D eigenvalue weighted by atomic mass is 35.5. The standard InChI is InChI=1S/C25H24F4N2O.ClH/c1-16-11-12-20(15-17(16)2)31(24(32)23(30)19-7-4-3-5-8-19)14-13-18-9-6-10-21(22(18)26)25(27,28)29;/h3-12,15,23H,13-14,30H2,1-2H3;1H/t23-;/m0./s1. The van der Waals surface area contributed by atoms with Crippen LogP contribution in [0.1, 0.15) is 33.9 Å². The molecule has 0 unspecified atom stereocenters. The maximum absolute atomic E-state index is 14.5. The number of halogens is 5. The third kappa shape index (κ3) is 6.12. The van der Waals surface area contributed by atoms with Crippen LogP contribution in [0, 0.1) is 19.7 Å². The molecule has 0 aliphatic heterocycles. The van der Waals surface area contributed by atoms with E-state index < -0.39 is 29.5 Å². The molecular formula is C25H25ClF4N2O. The van der Waals surface area contributed by atoms with Crippen molar-refractivity contribution in [3.63, 3.8) is 0 Å². The van der Waals surface area contributed by atoms with Crippen molar-refractivity contribution in [2.75, 3.05) is 11.4 Å². The fraction of sp³-hybridized carbons (Fsp3) is 0.240. The summed E-state index contributed by atoms with van der Waals surface area (Å²) in [5, 5.41) is 0. The van der Waals surface area contributed by atoms with Gasteiger partial charge in [-0.3, -0.25) is 4.79 Å². The molecule has 176 valence electrons. The molecule has 0 saturated carbocycles. The van der Waals surface area contributed by atoms with Gasteiger partial charge in [-0.15, -0.1) is 12.4 Å². The fourth-order valence-electron chi connectivity index (χ4n) is 3.45. The molecule has 0 aliphatic rings. The first-order chi connectivity index (χ1) is 15.1. The topological polar surface area (TPSA) is 46.3 Å². The van der Waals surface area contributed by atoms with Crippen LogP contribution >= 0.6 is 12.4 Å². The van der Waals surface area contributed by atoms with E-state index in [4.69, 9.17) is 5.73 Å². The number of nitrogens with two attached hydrogens (primary N) is 1. The van der Waals surface area contributed by atoms with Crippen molar-refractivity contribution in [1.29, 1.82) is 0 Å². The summed E-state index contributed by atoms with van der Waals surface area (Å²) < 4.78 is 53.7. The van der Waals surface area contributed by atoms with Gasteiger partial charge in [0.25, 0.3) is 0 Å². The number of amides is 1. The van der Waals surface area contributed by atoms with Gasteiger partial charge in [0.05, 0.1) is 5.56 Å². The second-order valence-electron chi connectivity index (χ2n) is 7.67. The van der Waals surface area contributed by atoms with Gasteiger partial charge in [0.2, 0.25) is 5.91 Å². The van der Waals surface area contributed by atoms with Crippen LogP contribution in [0.15, 0.2) is 66.7 Å². The van der Waals surface area contributed by atoms with Crippen LogP contribution in [0.5, 0.6) is 0 Å². The molecule has 33 heavy (non-hydrogen) atoms. The second-order valence-corrected chi connectivity index (χ2v) is 7.67. The van der Waals surface area contributed by atoms with E-state index in [2.05, 4.69) is 0 Å². The van der Waals surface area contributed by atoms with E-state index in [0.29, 0.717) is 17.3 Å². The van der Waals surface area contributed by atoms with Gasteiger partial charge in [-0.1, -0.05) is 48.5 Å². The molecule has 0 spiro atoms. The number of hydrogen-bond donors (Lipinski definition) is 1. The number of nitrogens with zero attached hydrogens (tertiary/aromatic N) is 1. The Morgan fingerprint density at radius 3 is 2.24 bits per heavy atom. The third-order valence-corrected chi connectivity index (χ3v) is 5.48. The number of rotatable bonds is 6. The van der Waals surface area contributed by atoms with Crippen molar-refractivity contribution in [3.05, 3.63) is 100 Å². The Hall–Kier alpha value is -2.90. The molecule has 3 nitrogen and oxygen atoms in total. The monoisotopic (exact) mass is 480 g/mol. The number of alkyl halides is 3. The van der Waals surface area contributed by atoms with Gasteiger partial charge in [-0.25, -0.2) is 4.39 Å². The van der Waals surface area contributed by atoms with Crippen molar-refractivity contribution in [2.24, 2.45) is 5.73 Å². The zero-order chi connectivity index (χ0) is 23.5. The van der Waals surface area contributed by atoms with Gasteiger partial charge in [0.15, 0.2) is 0 Å². The minimum absolute atomic E-state index is 0. The molecule has 8 heteroatoms. The van der Waals surface area contributed by atoms with Gasteiger partial charge in [-0.2, -0.15) is 13.2 Å². The Morgan fingerprint density at radius 1 is 0.970 bits per heavy atom. The van der Waals surface area contributed by atoms with E-state index in [1.165, 1.54) is 17.0 Å². The Morgan fingerprint density at radius 2 is 1.64 bits per heavy atom. The molecule has 0 fully saturated rings. The number of anilines is 1. The summed E-state index contributed by atoms with van der Waals surface area (Å²) in [5.74, 6) is -1.74. The van der Waals surface area contributed by atoms with Gasteiger partial charge in [-0.05, 0) is 60.7 Å². The minimum atomic E-state index is -4.79. The highest BCUT2D eigenvalue weighted by molar-refractivity contribution is 5.97. The van der Waals surface area contributed by atoms with E-state index in [1.54, 1.807) is 36.4 Å². The number of carbonyl (C=O) groups is 1. The lowest BCUT2D eigenvalue weighted by Gasteiger charge is -2.27. The van der Waals surface area contributed by atoms with Crippen molar-refractivity contribution in [2.45, 2.75) is 32.5 Å². The molecule has 1 amide bonds. The smallest absolute Gasteiger partial charge is 0.316 e. The molecule has 3 aromatic rings. The van der Waals surface area contributed by atoms with E-state index >= 15 is 0 Å². The number of hydrogen-bond acceptors (Lipinski definition) is 2. The predicted molar refractivity (Wildman–Crippen MR) is 124 cm³/mol. The normalized spacial score (nSPS) is 12.1. The van der Waals surface area contributed by atoms with E-state index in [9.17, 15) is 22.4 Å². The Balaban J connectivity index is 0.00000385. The third-order valence-electron chi connectivity index (χ3n) is 5.48. The fourth-order valence-corrected chi connectivity index (χ4v) is 3.45. The summed E-state index contributed by atoms with van der Waals surface area (Å²) in [6.45, 7) is 3.80. The van der Waals surface area contributed by atoms with Crippen molar-refractivity contribution in [1.82, 2.24) is 0 Å². The average molecular weight is 481 g/mol. The second kappa shape index (κ2) is 10.8. The largest absolute Gasteiger partial charge is 0.419 e. The van der Waals surface area contributed by atoms with Crippen LogP contribution in [0.3, 0.4) is 0 Å². The molecule has 3 rings (SSSR count). The molecule has 0 aliphatic carbocycles. The lowest BCUT2D eigenvalue weighted by Crippen LogP contribution is -2.40.